The van der Waals surface area contributed by atoms with Crippen molar-refractivity contribution in [1.29, 1.82) is 5.41 Å². The van der Waals surface area contributed by atoms with Gasteiger partial charge in [-0.2, -0.15) is 13.2 Å². The number of alkyl halides is 3. The molecule has 0 aliphatic heterocycles. The Hall–Kier alpha value is -3.00. The summed E-state index contributed by atoms with van der Waals surface area (Å²) < 4.78 is 45.3. The Labute approximate surface area is 171 Å². The smallest absolute Gasteiger partial charge is 0.431 e. The van der Waals surface area contributed by atoms with Crippen LogP contribution < -0.4 is 15.0 Å². The lowest BCUT2D eigenvalue weighted by atomic mass is 10.1. The van der Waals surface area contributed by atoms with E-state index in [1.54, 1.807) is 24.3 Å². The number of methoxy groups -OCH3 is 1. The van der Waals surface area contributed by atoms with Crippen molar-refractivity contribution in [1.82, 2.24) is 0 Å². The molecule has 0 atom stereocenters. The molecule has 0 spiro atoms. The van der Waals surface area contributed by atoms with Crippen LogP contribution in [-0.2, 0) is 0 Å². The lowest BCUT2D eigenvalue weighted by Gasteiger charge is -2.25. The Morgan fingerprint density at radius 1 is 1.24 bits per heavy atom. The predicted octanol–water partition coefficient (Wildman–Crippen LogP) is 5.52. The molecule has 29 heavy (non-hydrogen) atoms. The van der Waals surface area contributed by atoms with Gasteiger partial charge in [0.1, 0.15) is 11.4 Å². The first kappa shape index (κ1) is 22.3. The molecule has 1 amide bonds. The second-order valence-corrected chi connectivity index (χ2v) is 6.50. The zero-order chi connectivity index (χ0) is 21.8. The number of rotatable bonds is 6. The maximum Gasteiger partial charge on any atom is 0.431 e. The number of hydrogen-bond donors (Lipinski definition) is 2. The monoisotopic (exact) mass is 425 g/mol. The number of halogens is 4. The summed E-state index contributed by atoms with van der Waals surface area (Å²) in [7, 11) is 2.54. The van der Waals surface area contributed by atoms with Crippen molar-refractivity contribution in [2.75, 3.05) is 24.4 Å². The Morgan fingerprint density at radius 2 is 1.90 bits per heavy atom. The normalized spacial score (nSPS) is 11.8. The van der Waals surface area contributed by atoms with Crippen LogP contribution in [-0.4, -0.2) is 32.0 Å². The molecule has 154 valence electrons. The molecule has 0 bridgehead atoms. The highest BCUT2D eigenvalue weighted by Gasteiger charge is 2.37. The summed E-state index contributed by atoms with van der Waals surface area (Å²) in [6.45, 7) is 1.25. The van der Waals surface area contributed by atoms with E-state index in [0.29, 0.717) is 10.7 Å². The Kier molecular flexibility index (Phi) is 6.92. The topological polar surface area (TPSA) is 65.4 Å². The molecule has 2 aromatic rings. The number of anilines is 2. The fourth-order valence-corrected chi connectivity index (χ4v) is 2.72. The first-order valence-electron chi connectivity index (χ1n) is 8.36. The Bertz CT molecular complexity index is 958. The highest BCUT2D eigenvalue weighted by atomic mass is 35.5. The highest BCUT2D eigenvalue weighted by molar-refractivity contribution is 6.33. The van der Waals surface area contributed by atoms with Gasteiger partial charge in [0, 0.05) is 24.5 Å². The van der Waals surface area contributed by atoms with Crippen LogP contribution in [0.25, 0.3) is 0 Å². The molecule has 0 saturated carbocycles. The molecule has 9 heteroatoms. The molecular formula is C20H19ClF3N3O2. The first-order valence-corrected chi connectivity index (χ1v) is 8.74. The third kappa shape index (κ3) is 5.51. The van der Waals surface area contributed by atoms with Crippen molar-refractivity contribution < 1.29 is 22.7 Å². The summed E-state index contributed by atoms with van der Waals surface area (Å²) in [6, 6.07) is 10.7. The van der Waals surface area contributed by atoms with E-state index < -0.39 is 17.8 Å². The maximum atomic E-state index is 13.4. The number of benzene rings is 2. The average molecular weight is 426 g/mol. The fourth-order valence-electron chi connectivity index (χ4n) is 2.54. The molecule has 0 heterocycles. The Balaban J connectivity index is 2.38. The Morgan fingerprint density at radius 3 is 2.45 bits per heavy atom. The van der Waals surface area contributed by atoms with Crippen molar-refractivity contribution >= 4 is 34.6 Å². The number of nitrogens with one attached hydrogen (secondary N) is 2. The molecule has 0 saturated heterocycles. The minimum Gasteiger partial charge on any atom is -0.496 e. The van der Waals surface area contributed by atoms with Gasteiger partial charge in [0.25, 0.3) is 5.91 Å². The molecule has 0 aliphatic carbocycles. The van der Waals surface area contributed by atoms with Crippen molar-refractivity contribution in [3.63, 3.8) is 0 Å². The number of carbonyl (C=O) groups excluding carboxylic acids is 1. The molecular weight excluding hydrogens is 407 g/mol. The lowest BCUT2D eigenvalue weighted by Crippen LogP contribution is -2.29. The van der Waals surface area contributed by atoms with Crippen LogP contribution in [0.4, 0.5) is 24.5 Å². The van der Waals surface area contributed by atoms with Gasteiger partial charge in [0.2, 0.25) is 0 Å². The zero-order valence-electron chi connectivity index (χ0n) is 15.9. The van der Waals surface area contributed by atoms with Crippen LogP contribution >= 0.6 is 11.6 Å². The van der Waals surface area contributed by atoms with Gasteiger partial charge in [-0.1, -0.05) is 23.7 Å². The molecule has 0 radical (unpaired) electrons. The number of carbonyl (C=O) groups is 1. The van der Waals surface area contributed by atoms with Gasteiger partial charge in [0.05, 0.1) is 23.4 Å². The van der Waals surface area contributed by atoms with E-state index in [9.17, 15) is 18.0 Å². The zero-order valence-corrected chi connectivity index (χ0v) is 16.7. The summed E-state index contributed by atoms with van der Waals surface area (Å²) in [5.74, 6) is -0.432. The first-order chi connectivity index (χ1) is 13.5. The van der Waals surface area contributed by atoms with Crippen molar-refractivity contribution in [2.24, 2.45) is 0 Å². The van der Waals surface area contributed by atoms with Gasteiger partial charge < -0.3 is 20.4 Å². The van der Waals surface area contributed by atoms with Gasteiger partial charge in [-0.15, -0.1) is 0 Å². The second-order valence-electron chi connectivity index (χ2n) is 6.09. The van der Waals surface area contributed by atoms with E-state index in [0.717, 1.165) is 11.0 Å². The third-order valence-corrected chi connectivity index (χ3v) is 4.27. The standard InChI is InChI=1S/C20H19ClF3N3O2/c1-12(25)10-18(20(22,23)24)27(2)13-8-9-14(17(11-13)29-3)19(28)26-16-7-5-4-6-15(16)21/h4-11,25H,1-3H3,(H,26,28)/b18-10-,25-12?. The van der Waals surface area contributed by atoms with E-state index in [1.807, 2.05) is 0 Å². The lowest BCUT2D eigenvalue weighted by molar-refractivity contribution is -0.0928. The van der Waals surface area contributed by atoms with Crippen LogP contribution in [0.1, 0.15) is 17.3 Å². The minimum atomic E-state index is -4.66. The molecule has 0 aromatic heterocycles. The SMILES string of the molecule is COc1cc(N(C)/C(=C\C(C)=N)C(F)(F)F)ccc1C(=O)Nc1ccccc1Cl. The number of para-hydroxylation sites is 1. The fraction of sp³-hybridized carbons (Fsp3) is 0.200. The summed E-state index contributed by atoms with van der Waals surface area (Å²) in [4.78, 5) is 13.5. The van der Waals surface area contributed by atoms with Crippen LogP contribution in [0, 0.1) is 5.41 Å². The van der Waals surface area contributed by atoms with Gasteiger partial charge in [-0.3, -0.25) is 4.79 Å². The van der Waals surface area contributed by atoms with Crippen LogP contribution in [0.5, 0.6) is 5.75 Å². The number of amides is 1. The predicted molar refractivity (Wildman–Crippen MR) is 108 cm³/mol. The van der Waals surface area contributed by atoms with E-state index in [2.05, 4.69) is 5.32 Å². The summed E-state index contributed by atoms with van der Waals surface area (Å²) in [6.07, 6.45) is -3.94. The number of ether oxygens (including phenoxy) is 1. The van der Waals surface area contributed by atoms with Gasteiger partial charge in [-0.25, -0.2) is 0 Å². The van der Waals surface area contributed by atoms with Gasteiger partial charge in [-0.05, 0) is 37.3 Å². The van der Waals surface area contributed by atoms with E-state index >= 15 is 0 Å². The van der Waals surface area contributed by atoms with Crippen molar-refractivity contribution in [2.45, 2.75) is 13.1 Å². The van der Waals surface area contributed by atoms with Crippen molar-refractivity contribution in [3.05, 3.63) is 64.8 Å². The highest BCUT2D eigenvalue weighted by Crippen LogP contribution is 2.34. The molecule has 0 unspecified atom stereocenters. The molecule has 0 aliphatic rings. The van der Waals surface area contributed by atoms with Crippen molar-refractivity contribution in [3.8, 4) is 5.75 Å². The van der Waals surface area contributed by atoms with Crippen LogP contribution in [0.3, 0.4) is 0 Å². The number of nitrogens with zero attached hydrogens (tertiary/aromatic N) is 1. The quantitative estimate of drug-likeness (QED) is 0.598. The van der Waals surface area contributed by atoms with Gasteiger partial charge >= 0.3 is 6.18 Å². The second kappa shape index (κ2) is 9.00. The molecule has 5 nitrogen and oxygen atoms in total. The summed E-state index contributed by atoms with van der Waals surface area (Å²) >= 11 is 6.03. The van der Waals surface area contributed by atoms with E-state index in [1.165, 1.54) is 39.3 Å². The third-order valence-electron chi connectivity index (χ3n) is 3.94. The minimum absolute atomic E-state index is 0.0898. The van der Waals surface area contributed by atoms with E-state index in [-0.39, 0.29) is 22.7 Å². The molecule has 2 N–H and O–H groups in total. The molecule has 0 fully saturated rings. The van der Waals surface area contributed by atoms with E-state index in [4.69, 9.17) is 21.7 Å². The summed E-state index contributed by atoms with van der Waals surface area (Å²) in [5, 5.41) is 10.3. The largest absolute Gasteiger partial charge is 0.496 e. The number of allylic oxidation sites excluding steroid dienone is 2. The van der Waals surface area contributed by atoms with Gasteiger partial charge in [0.15, 0.2) is 0 Å². The number of hydrogen-bond acceptors (Lipinski definition) is 4. The summed E-state index contributed by atoms with van der Waals surface area (Å²) in [5.41, 5.74) is -0.593. The average Bonchev–Trinajstić information content (AvgIpc) is 2.65. The molecule has 2 aromatic carbocycles. The maximum absolute atomic E-state index is 13.4. The van der Waals surface area contributed by atoms with Crippen LogP contribution in [0.2, 0.25) is 5.02 Å². The molecule has 2 rings (SSSR count). The van der Waals surface area contributed by atoms with Crippen LogP contribution in [0.15, 0.2) is 54.2 Å².